The van der Waals surface area contributed by atoms with Crippen LogP contribution in [0.15, 0.2) is 4.99 Å². The van der Waals surface area contributed by atoms with Gasteiger partial charge in [0.05, 0.1) is 0 Å². The molecule has 0 atom stereocenters. The van der Waals surface area contributed by atoms with E-state index in [9.17, 15) is 0 Å². The Morgan fingerprint density at radius 2 is 1.54 bits per heavy atom. The molecule has 13 heavy (non-hydrogen) atoms. The van der Waals surface area contributed by atoms with Gasteiger partial charge < -0.3 is 22.1 Å². The van der Waals surface area contributed by atoms with Gasteiger partial charge in [-0.2, -0.15) is 0 Å². The second kappa shape index (κ2) is 9.28. The highest BCUT2D eigenvalue weighted by Crippen LogP contribution is 1.74. The number of nitrogens with two attached hydrogens (primary N) is 2. The average molecular weight is 187 g/mol. The number of hydrogen-bond donors (Lipinski definition) is 4. The fourth-order valence-corrected chi connectivity index (χ4v) is 0.838. The molecule has 0 fully saturated rings. The van der Waals surface area contributed by atoms with Crippen LogP contribution in [0.3, 0.4) is 0 Å². The van der Waals surface area contributed by atoms with Gasteiger partial charge in [-0.05, 0) is 25.9 Å². The molecule has 0 aromatic rings. The van der Waals surface area contributed by atoms with Crippen molar-refractivity contribution in [3.63, 3.8) is 0 Å². The molecule has 0 bridgehead atoms. The van der Waals surface area contributed by atoms with Gasteiger partial charge in [0.2, 0.25) is 0 Å². The van der Waals surface area contributed by atoms with Gasteiger partial charge in [-0.25, -0.2) is 0 Å². The molecule has 0 rings (SSSR count). The molecule has 0 heterocycles. The summed E-state index contributed by atoms with van der Waals surface area (Å²) in [6.07, 6.45) is 1.91. The topological polar surface area (TPSA) is 88.5 Å². The van der Waals surface area contributed by atoms with Gasteiger partial charge in [0.15, 0.2) is 5.96 Å². The van der Waals surface area contributed by atoms with Crippen LogP contribution >= 0.6 is 0 Å². The maximum atomic E-state index is 5.36. The number of nitrogens with zero attached hydrogens (tertiary/aromatic N) is 1. The van der Waals surface area contributed by atoms with E-state index in [2.05, 4.69) is 15.6 Å². The summed E-state index contributed by atoms with van der Waals surface area (Å²) in [7, 11) is 1.75. The number of aliphatic imine (C=N–C) groups is 1. The van der Waals surface area contributed by atoms with Crippen molar-refractivity contribution in [1.82, 2.24) is 10.6 Å². The summed E-state index contributed by atoms with van der Waals surface area (Å²) in [5, 5.41) is 6.29. The molecule has 0 spiro atoms. The first-order valence-corrected chi connectivity index (χ1v) is 4.69. The van der Waals surface area contributed by atoms with Gasteiger partial charge in [0.1, 0.15) is 0 Å². The largest absolute Gasteiger partial charge is 0.356 e. The third kappa shape index (κ3) is 7.55. The molecule has 5 heteroatoms. The third-order valence-electron chi connectivity index (χ3n) is 1.57. The molecule has 5 nitrogen and oxygen atoms in total. The Kier molecular flexibility index (Phi) is 8.70. The summed E-state index contributed by atoms with van der Waals surface area (Å²) in [5.74, 6) is 0.821. The van der Waals surface area contributed by atoms with Crippen molar-refractivity contribution in [2.45, 2.75) is 12.8 Å². The summed E-state index contributed by atoms with van der Waals surface area (Å²) in [6.45, 7) is 3.12. The Hall–Kier alpha value is -0.810. The lowest BCUT2D eigenvalue weighted by Crippen LogP contribution is -2.39. The van der Waals surface area contributed by atoms with Crippen LogP contribution < -0.4 is 22.1 Å². The lowest BCUT2D eigenvalue weighted by Gasteiger charge is -2.10. The van der Waals surface area contributed by atoms with Crippen molar-refractivity contribution in [1.29, 1.82) is 0 Å². The first-order valence-electron chi connectivity index (χ1n) is 4.69. The van der Waals surface area contributed by atoms with Gasteiger partial charge in [0, 0.05) is 20.1 Å². The molecule has 6 N–H and O–H groups in total. The van der Waals surface area contributed by atoms with E-state index in [4.69, 9.17) is 11.5 Å². The van der Waals surface area contributed by atoms with Crippen molar-refractivity contribution in [3.8, 4) is 0 Å². The molecule has 0 saturated carbocycles. The molecule has 0 aromatic heterocycles. The van der Waals surface area contributed by atoms with Crippen LogP contribution in [0.4, 0.5) is 0 Å². The molecule has 0 unspecified atom stereocenters. The van der Waals surface area contributed by atoms with E-state index in [0.29, 0.717) is 13.1 Å². The van der Waals surface area contributed by atoms with E-state index in [1.54, 1.807) is 7.05 Å². The van der Waals surface area contributed by atoms with Crippen LogP contribution in [-0.4, -0.2) is 39.2 Å². The highest BCUT2D eigenvalue weighted by Gasteiger charge is 1.93. The Labute approximate surface area is 80.0 Å². The minimum atomic E-state index is 0.701. The van der Waals surface area contributed by atoms with Crippen LogP contribution in [0, 0.1) is 0 Å². The maximum Gasteiger partial charge on any atom is 0.190 e. The summed E-state index contributed by atoms with van der Waals surface area (Å²) < 4.78 is 0. The predicted molar refractivity (Wildman–Crippen MR) is 56.7 cm³/mol. The van der Waals surface area contributed by atoms with Gasteiger partial charge in [-0.3, -0.25) is 4.99 Å². The molecular weight excluding hydrogens is 166 g/mol. The molecule has 78 valence electrons. The van der Waals surface area contributed by atoms with E-state index < -0.39 is 0 Å². The first kappa shape index (κ1) is 12.2. The van der Waals surface area contributed by atoms with Crippen LogP contribution in [0.1, 0.15) is 12.8 Å². The molecule has 0 aliphatic heterocycles. The Balaban J connectivity index is 3.41. The minimum Gasteiger partial charge on any atom is -0.356 e. The number of nitrogens with one attached hydrogen (secondary N) is 2. The van der Waals surface area contributed by atoms with E-state index in [1.165, 1.54) is 0 Å². The van der Waals surface area contributed by atoms with Gasteiger partial charge in [-0.1, -0.05) is 0 Å². The smallest absolute Gasteiger partial charge is 0.190 e. The van der Waals surface area contributed by atoms with E-state index >= 15 is 0 Å². The monoisotopic (exact) mass is 187 g/mol. The van der Waals surface area contributed by atoms with Crippen molar-refractivity contribution < 1.29 is 0 Å². The summed E-state index contributed by atoms with van der Waals surface area (Å²) >= 11 is 0. The van der Waals surface area contributed by atoms with Crippen molar-refractivity contribution in [2.24, 2.45) is 16.5 Å². The quantitative estimate of drug-likeness (QED) is 0.240. The molecular formula is C8H21N5. The number of rotatable bonds is 6. The fraction of sp³-hybridized carbons (Fsp3) is 0.875. The SMILES string of the molecule is CN=C(NCCCN)NCCCN. The van der Waals surface area contributed by atoms with E-state index in [0.717, 1.165) is 31.9 Å². The molecule has 0 aromatic carbocycles. The standard InChI is InChI=1S/C8H21N5/c1-11-8(12-6-2-4-9)13-7-3-5-10/h2-7,9-10H2,1H3,(H2,11,12,13). The Morgan fingerprint density at radius 1 is 1.08 bits per heavy atom. The molecule has 0 amide bonds. The zero-order chi connectivity index (χ0) is 9.94. The summed E-state index contributed by atoms with van der Waals surface area (Å²) in [5.41, 5.74) is 10.7. The molecule has 0 aliphatic carbocycles. The average Bonchev–Trinajstić information content (AvgIpc) is 2.16. The van der Waals surface area contributed by atoms with Gasteiger partial charge in [-0.15, -0.1) is 0 Å². The number of guanidine groups is 1. The van der Waals surface area contributed by atoms with Crippen molar-refractivity contribution in [2.75, 3.05) is 33.2 Å². The zero-order valence-corrected chi connectivity index (χ0v) is 8.34. The Bertz CT molecular complexity index is 122. The van der Waals surface area contributed by atoms with Gasteiger partial charge in [0.25, 0.3) is 0 Å². The highest BCUT2D eigenvalue weighted by molar-refractivity contribution is 5.79. The second-order valence-corrected chi connectivity index (χ2v) is 2.71. The van der Waals surface area contributed by atoms with Crippen LogP contribution in [0.25, 0.3) is 0 Å². The van der Waals surface area contributed by atoms with Crippen molar-refractivity contribution >= 4 is 5.96 Å². The molecule has 0 aliphatic rings. The van der Waals surface area contributed by atoms with Crippen molar-refractivity contribution in [3.05, 3.63) is 0 Å². The van der Waals surface area contributed by atoms with E-state index in [1.807, 2.05) is 0 Å². The lowest BCUT2D eigenvalue weighted by molar-refractivity contribution is 0.727. The number of hydrogen-bond acceptors (Lipinski definition) is 3. The molecule has 0 saturated heterocycles. The fourth-order valence-electron chi connectivity index (χ4n) is 0.838. The van der Waals surface area contributed by atoms with Crippen LogP contribution in [-0.2, 0) is 0 Å². The minimum absolute atomic E-state index is 0.701. The lowest BCUT2D eigenvalue weighted by atomic mass is 10.4. The maximum absolute atomic E-state index is 5.36. The molecule has 0 radical (unpaired) electrons. The Morgan fingerprint density at radius 3 is 1.85 bits per heavy atom. The van der Waals surface area contributed by atoms with Gasteiger partial charge >= 0.3 is 0 Å². The highest BCUT2D eigenvalue weighted by atomic mass is 15.2. The first-order chi connectivity index (χ1) is 6.35. The van der Waals surface area contributed by atoms with E-state index in [-0.39, 0.29) is 0 Å². The second-order valence-electron chi connectivity index (χ2n) is 2.71. The summed E-state index contributed by atoms with van der Waals surface area (Å²) in [4.78, 5) is 4.04. The third-order valence-corrected chi connectivity index (χ3v) is 1.57. The van der Waals surface area contributed by atoms with Crippen LogP contribution in [0.5, 0.6) is 0 Å². The summed E-state index contributed by atoms with van der Waals surface area (Å²) in [6, 6.07) is 0. The zero-order valence-electron chi connectivity index (χ0n) is 8.34. The normalized spacial score (nSPS) is 9.46. The van der Waals surface area contributed by atoms with Crippen LogP contribution in [0.2, 0.25) is 0 Å². The predicted octanol–water partition coefficient (Wildman–Crippen LogP) is -1.15.